The van der Waals surface area contributed by atoms with Crippen molar-refractivity contribution in [2.75, 3.05) is 0 Å². The lowest BCUT2D eigenvalue weighted by atomic mass is 9.89. The second kappa shape index (κ2) is 12.8. The third-order valence-corrected chi connectivity index (χ3v) is 8.61. The number of ketones is 2. The molecule has 4 rings (SSSR count). The van der Waals surface area contributed by atoms with Crippen LogP contribution in [0.2, 0.25) is 0 Å². The normalized spacial score (nSPS) is 13.6. The smallest absolute Gasteiger partial charge is 0.302 e. The number of carbonyl (C=O) groups excluding carboxylic acids is 2. The third-order valence-electron chi connectivity index (χ3n) is 7.06. The van der Waals surface area contributed by atoms with Crippen molar-refractivity contribution in [3.63, 3.8) is 0 Å². The molecule has 0 heterocycles. The molecule has 1 atom stereocenters. The highest BCUT2D eigenvalue weighted by atomic mass is 32.2. The fourth-order valence-corrected chi connectivity index (χ4v) is 5.43. The van der Waals surface area contributed by atoms with Crippen LogP contribution in [0.3, 0.4) is 0 Å². The molecule has 260 valence electrons. The van der Waals surface area contributed by atoms with Crippen LogP contribution >= 0.6 is 0 Å². The number of rotatable bonds is 11. The van der Waals surface area contributed by atoms with E-state index in [1.807, 2.05) is 0 Å². The van der Waals surface area contributed by atoms with Gasteiger partial charge in [-0.3, -0.25) is 14.1 Å². The quantitative estimate of drug-likeness (QED) is 0.0710. The summed E-state index contributed by atoms with van der Waals surface area (Å²) in [6.45, 7) is 0. The Bertz CT molecular complexity index is 2090. The number of hydrogen-bond acceptors (Lipinski definition) is 5. The van der Waals surface area contributed by atoms with Gasteiger partial charge in [0.1, 0.15) is 21.4 Å². The van der Waals surface area contributed by atoms with Crippen LogP contribution in [0.1, 0.15) is 43.0 Å². The van der Waals surface area contributed by atoms with E-state index in [0.717, 1.165) is 6.07 Å². The van der Waals surface area contributed by atoms with Gasteiger partial charge in [0.05, 0.1) is 0 Å². The van der Waals surface area contributed by atoms with Gasteiger partial charge in [-0.15, -0.1) is 0 Å². The molecule has 0 aliphatic carbocycles. The first-order valence-corrected chi connectivity index (χ1v) is 15.5. The monoisotopic (exact) mass is 742 g/mol. The Balaban J connectivity index is 1.61. The van der Waals surface area contributed by atoms with Gasteiger partial charge in [-0.1, -0.05) is 48.5 Å². The number of carbonyl (C=O) groups is 2. The standard InChI is InChI=1S/C30H16F10O7S2/c31-21-11-5-17(13-23(21)48(43)44)25(41)15-1-7-19(8-2-15)27(33,34)29(37,38)30(39,40)28(35,36)20-9-3-16(4-10-20)26(42)18-6-12-22(32)24(14-18)49(45,46)47/h1-14H,(H,43,44)(H,45,46,47). The molecule has 4 aromatic rings. The van der Waals surface area contributed by atoms with Gasteiger partial charge in [-0.2, -0.15) is 43.5 Å². The van der Waals surface area contributed by atoms with Crippen molar-refractivity contribution >= 4 is 32.8 Å². The molecule has 0 aliphatic heterocycles. The zero-order valence-corrected chi connectivity index (χ0v) is 25.2. The molecule has 7 nitrogen and oxygen atoms in total. The van der Waals surface area contributed by atoms with Crippen molar-refractivity contribution in [1.29, 1.82) is 0 Å². The van der Waals surface area contributed by atoms with E-state index in [9.17, 15) is 66.1 Å². The summed E-state index contributed by atoms with van der Waals surface area (Å²) in [5, 5.41) is 0. The summed E-state index contributed by atoms with van der Waals surface area (Å²) in [5.41, 5.74) is -6.18. The molecule has 0 amide bonds. The van der Waals surface area contributed by atoms with Crippen LogP contribution in [0.25, 0.3) is 0 Å². The Morgan fingerprint density at radius 2 is 0.918 bits per heavy atom. The summed E-state index contributed by atoms with van der Waals surface area (Å²) >= 11 is -2.89. The summed E-state index contributed by atoms with van der Waals surface area (Å²) in [6, 6.07) is 5.56. The van der Waals surface area contributed by atoms with E-state index < -0.39 is 111 Å². The van der Waals surface area contributed by atoms with Crippen molar-refractivity contribution in [1.82, 2.24) is 0 Å². The largest absolute Gasteiger partial charge is 0.382 e. The lowest BCUT2D eigenvalue weighted by Gasteiger charge is -2.37. The molecular formula is C30H16F10O7S2. The van der Waals surface area contributed by atoms with Crippen LogP contribution in [-0.2, 0) is 33.0 Å². The van der Waals surface area contributed by atoms with Gasteiger partial charge in [0.2, 0.25) is 0 Å². The number of benzene rings is 4. The maximum atomic E-state index is 14.9. The van der Waals surface area contributed by atoms with Gasteiger partial charge in [0.15, 0.2) is 22.6 Å². The van der Waals surface area contributed by atoms with E-state index in [4.69, 9.17) is 9.11 Å². The second-order valence-electron chi connectivity index (χ2n) is 10.1. The molecular weight excluding hydrogens is 726 g/mol. The Morgan fingerprint density at radius 3 is 1.29 bits per heavy atom. The molecule has 0 aromatic heterocycles. The number of alkyl halides is 8. The lowest BCUT2D eigenvalue weighted by Crippen LogP contribution is -2.59. The minimum absolute atomic E-state index is 0.0379. The molecule has 0 saturated heterocycles. The van der Waals surface area contributed by atoms with Gasteiger partial charge < -0.3 is 4.55 Å². The number of halogens is 10. The van der Waals surface area contributed by atoms with E-state index in [1.165, 1.54) is 0 Å². The fraction of sp³-hybridized carbons (Fsp3) is 0.133. The molecule has 0 bridgehead atoms. The van der Waals surface area contributed by atoms with Crippen molar-refractivity contribution in [3.05, 3.63) is 130 Å². The van der Waals surface area contributed by atoms with E-state index in [-0.39, 0.29) is 24.3 Å². The van der Waals surface area contributed by atoms with E-state index >= 15 is 0 Å². The van der Waals surface area contributed by atoms with Crippen molar-refractivity contribution in [2.24, 2.45) is 0 Å². The van der Waals surface area contributed by atoms with Crippen LogP contribution in [0.5, 0.6) is 0 Å². The van der Waals surface area contributed by atoms with Gasteiger partial charge >= 0.3 is 23.7 Å². The molecule has 0 saturated carbocycles. The van der Waals surface area contributed by atoms with Crippen molar-refractivity contribution in [2.45, 2.75) is 33.5 Å². The predicted molar refractivity (Wildman–Crippen MR) is 149 cm³/mol. The molecule has 0 fully saturated rings. The molecule has 2 N–H and O–H groups in total. The van der Waals surface area contributed by atoms with E-state index in [1.54, 1.807) is 0 Å². The molecule has 4 aromatic carbocycles. The van der Waals surface area contributed by atoms with Crippen LogP contribution < -0.4 is 0 Å². The Labute approximate surface area is 271 Å². The highest BCUT2D eigenvalue weighted by Crippen LogP contribution is 2.59. The minimum atomic E-state index is -6.82. The van der Waals surface area contributed by atoms with Gasteiger partial charge in [0.25, 0.3) is 10.1 Å². The molecule has 0 aliphatic rings. The van der Waals surface area contributed by atoms with Gasteiger partial charge in [-0.25, -0.2) is 13.0 Å². The average molecular weight is 743 g/mol. The average Bonchev–Trinajstić information content (AvgIpc) is 3.03. The molecule has 19 heteroatoms. The van der Waals surface area contributed by atoms with Crippen molar-refractivity contribution < 1.29 is 75.2 Å². The van der Waals surface area contributed by atoms with Gasteiger partial charge in [0, 0.05) is 33.4 Å². The highest BCUT2D eigenvalue weighted by molar-refractivity contribution is 7.85. The Hall–Kier alpha value is -4.46. The Morgan fingerprint density at radius 1 is 0.571 bits per heavy atom. The van der Waals surface area contributed by atoms with E-state index in [2.05, 4.69) is 0 Å². The highest BCUT2D eigenvalue weighted by Gasteiger charge is 2.81. The van der Waals surface area contributed by atoms with Crippen LogP contribution in [0.15, 0.2) is 94.7 Å². The first-order valence-electron chi connectivity index (χ1n) is 12.9. The Kier molecular flexibility index (Phi) is 9.74. The second-order valence-corrected chi connectivity index (χ2v) is 12.5. The summed E-state index contributed by atoms with van der Waals surface area (Å²) < 4.78 is 198. The number of hydrogen-bond donors (Lipinski definition) is 2. The minimum Gasteiger partial charge on any atom is -0.302 e. The topological polar surface area (TPSA) is 126 Å². The van der Waals surface area contributed by atoms with Crippen LogP contribution in [0.4, 0.5) is 43.9 Å². The summed E-state index contributed by atoms with van der Waals surface area (Å²) in [4.78, 5) is 23.1. The van der Waals surface area contributed by atoms with Crippen molar-refractivity contribution in [3.8, 4) is 0 Å². The zero-order valence-electron chi connectivity index (χ0n) is 23.6. The summed E-state index contributed by atoms with van der Waals surface area (Å²) in [6.07, 6.45) is 0. The third kappa shape index (κ3) is 6.62. The molecule has 49 heavy (non-hydrogen) atoms. The van der Waals surface area contributed by atoms with E-state index in [0.29, 0.717) is 54.6 Å². The molecule has 1 unspecified atom stereocenters. The summed E-state index contributed by atoms with van der Waals surface area (Å²) in [5.74, 6) is -30.7. The maximum absolute atomic E-state index is 14.9. The molecule has 0 spiro atoms. The lowest BCUT2D eigenvalue weighted by molar-refractivity contribution is -0.374. The summed E-state index contributed by atoms with van der Waals surface area (Å²) in [7, 11) is -5.17. The maximum Gasteiger partial charge on any atom is 0.382 e. The first kappa shape index (κ1) is 37.4. The zero-order chi connectivity index (χ0) is 36.9. The SMILES string of the molecule is O=C(c1ccc(C(F)(F)C(F)(F)C(F)(F)C(F)(F)c2ccc(C(=O)c3ccc(F)c(S(=O)(=O)O)c3)cc2)cc1)c1ccc(F)c(S(=O)O)c1. The predicted octanol–water partition coefficient (Wildman–Crippen LogP) is 7.41. The first-order chi connectivity index (χ1) is 22.4. The van der Waals surface area contributed by atoms with Gasteiger partial charge in [-0.05, 0) is 36.4 Å². The fourth-order valence-electron chi connectivity index (χ4n) is 4.37. The molecule has 0 radical (unpaired) electrons. The van der Waals surface area contributed by atoms with Crippen LogP contribution in [-0.4, -0.2) is 45.1 Å². The van der Waals surface area contributed by atoms with Crippen LogP contribution in [0, 0.1) is 11.6 Å².